The molecule has 1 aromatic heterocycles. The summed E-state index contributed by atoms with van der Waals surface area (Å²) in [5.41, 5.74) is -0.354. The van der Waals surface area contributed by atoms with Crippen molar-refractivity contribution in [1.82, 2.24) is 9.88 Å². The average Bonchev–Trinajstić information content (AvgIpc) is 2.87. The van der Waals surface area contributed by atoms with E-state index in [0.717, 1.165) is 19.3 Å². The average molecular weight is 290 g/mol. The molecule has 6 nitrogen and oxygen atoms in total. The third-order valence-corrected chi connectivity index (χ3v) is 4.31. The van der Waals surface area contributed by atoms with Crippen LogP contribution in [0.3, 0.4) is 0 Å². The zero-order valence-electron chi connectivity index (χ0n) is 11.7. The zero-order valence-corrected chi connectivity index (χ0v) is 11.7. The molecule has 1 aliphatic heterocycles. The summed E-state index contributed by atoms with van der Waals surface area (Å²) in [5.74, 6) is -1.33. The Morgan fingerprint density at radius 2 is 2.10 bits per heavy atom. The minimum atomic E-state index is -1.02. The highest BCUT2D eigenvalue weighted by Gasteiger charge is 2.53. The first kappa shape index (κ1) is 14.0. The lowest BCUT2D eigenvalue weighted by Gasteiger charge is -2.41. The molecule has 1 saturated heterocycles. The topological polar surface area (TPSA) is 79.7 Å². The number of carbonyl (C=O) groups is 2. The van der Waals surface area contributed by atoms with Gasteiger partial charge in [0.1, 0.15) is 5.72 Å². The molecule has 1 unspecified atom stereocenters. The molecule has 1 spiro atoms. The van der Waals surface area contributed by atoms with E-state index in [0.29, 0.717) is 18.4 Å². The van der Waals surface area contributed by atoms with E-state index in [2.05, 4.69) is 4.98 Å². The van der Waals surface area contributed by atoms with Gasteiger partial charge in [-0.15, -0.1) is 0 Å². The van der Waals surface area contributed by atoms with Crippen LogP contribution in [0.4, 0.5) is 0 Å². The van der Waals surface area contributed by atoms with Crippen LogP contribution in [0, 0.1) is 0 Å². The van der Waals surface area contributed by atoms with Crippen molar-refractivity contribution in [3.63, 3.8) is 0 Å². The summed E-state index contributed by atoms with van der Waals surface area (Å²) in [6, 6.07) is 2.41. The maximum atomic E-state index is 12.8. The SMILES string of the molecule is O=C(O)C1COC2(CCCCC2)N1C(=O)c1cccnc1. The number of hydrogen-bond donors (Lipinski definition) is 1. The number of carboxylic acid groups (broad SMARTS) is 1. The van der Waals surface area contributed by atoms with Crippen molar-refractivity contribution in [2.75, 3.05) is 6.61 Å². The molecular formula is C15H18N2O4. The van der Waals surface area contributed by atoms with Crippen molar-refractivity contribution in [3.05, 3.63) is 30.1 Å². The fraction of sp³-hybridized carbons (Fsp3) is 0.533. The van der Waals surface area contributed by atoms with Crippen molar-refractivity contribution >= 4 is 11.9 Å². The summed E-state index contributed by atoms with van der Waals surface area (Å²) >= 11 is 0. The van der Waals surface area contributed by atoms with Gasteiger partial charge in [0.25, 0.3) is 5.91 Å². The summed E-state index contributed by atoms with van der Waals surface area (Å²) in [7, 11) is 0. The van der Waals surface area contributed by atoms with Crippen LogP contribution in [0.5, 0.6) is 0 Å². The number of pyridine rings is 1. The van der Waals surface area contributed by atoms with Crippen LogP contribution in [0.15, 0.2) is 24.5 Å². The molecule has 6 heteroatoms. The van der Waals surface area contributed by atoms with Crippen molar-refractivity contribution in [1.29, 1.82) is 0 Å². The van der Waals surface area contributed by atoms with Gasteiger partial charge in [-0.1, -0.05) is 6.42 Å². The van der Waals surface area contributed by atoms with Crippen molar-refractivity contribution in [2.24, 2.45) is 0 Å². The number of aliphatic carboxylic acids is 1. The number of rotatable bonds is 2. The second kappa shape index (κ2) is 5.44. The van der Waals surface area contributed by atoms with Crippen LogP contribution in [0.25, 0.3) is 0 Å². The van der Waals surface area contributed by atoms with E-state index in [9.17, 15) is 14.7 Å². The highest BCUT2D eigenvalue weighted by atomic mass is 16.5. The van der Waals surface area contributed by atoms with Crippen LogP contribution in [-0.4, -0.2) is 45.2 Å². The van der Waals surface area contributed by atoms with Gasteiger partial charge >= 0.3 is 5.97 Å². The number of hydrogen-bond acceptors (Lipinski definition) is 4. The Kier molecular flexibility index (Phi) is 3.63. The monoisotopic (exact) mass is 290 g/mol. The second-order valence-electron chi connectivity index (χ2n) is 5.59. The lowest BCUT2D eigenvalue weighted by molar-refractivity contribution is -0.143. The molecule has 0 radical (unpaired) electrons. The maximum Gasteiger partial charge on any atom is 0.328 e. The summed E-state index contributed by atoms with van der Waals surface area (Å²) in [5, 5.41) is 9.40. The third kappa shape index (κ3) is 2.40. The van der Waals surface area contributed by atoms with Gasteiger partial charge in [-0.3, -0.25) is 14.7 Å². The van der Waals surface area contributed by atoms with E-state index in [4.69, 9.17) is 4.74 Å². The van der Waals surface area contributed by atoms with Gasteiger partial charge in [-0.2, -0.15) is 0 Å². The van der Waals surface area contributed by atoms with E-state index >= 15 is 0 Å². The number of ether oxygens (including phenoxy) is 1. The normalized spacial score (nSPS) is 24.2. The third-order valence-electron chi connectivity index (χ3n) is 4.31. The fourth-order valence-electron chi connectivity index (χ4n) is 3.29. The zero-order chi connectivity index (χ0) is 14.9. The standard InChI is InChI=1S/C15H18N2O4/c18-13(11-5-4-8-16-9-11)17-12(14(19)20)10-21-15(17)6-2-1-3-7-15/h4-5,8-9,12H,1-3,6-7,10H2,(H,19,20). The molecule has 1 aromatic rings. The quantitative estimate of drug-likeness (QED) is 0.896. The predicted octanol–water partition coefficient (Wildman–Crippen LogP) is 1.67. The minimum absolute atomic E-state index is 0.0569. The molecule has 2 heterocycles. The molecule has 1 aliphatic carbocycles. The maximum absolute atomic E-state index is 12.8. The first-order valence-corrected chi connectivity index (χ1v) is 7.24. The summed E-state index contributed by atoms with van der Waals surface area (Å²) < 4.78 is 5.81. The highest BCUT2D eigenvalue weighted by molar-refractivity contribution is 5.97. The van der Waals surface area contributed by atoms with E-state index < -0.39 is 17.7 Å². The van der Waals surface area contributed by atoms with E-state index in [-0.39, 0.29) is 12.5 Å². The Morgan fingerprint density at radius 1 is 1.33 bits per heavy atom. The molecule has 3 rings (SSSR count). The van der Waals surface area contributed by atoms with Crippen LogP contribution in [0.2, 0.25) is 0 Å². The van der Waals surface area contributed by atoms with E-state index in [1.807, 2.05) is 0 Å². The number of amides is 1. The number of carbonyl (C=O) groups excluding carboxylic acids is 1. The number of nitrogens with zero attached hydrogens (tertiary/aromatic N) is 2. The largest absolute Gasteiger partial charge is 0.480 e. The molecule has 1 amide bonds. The Bertz CT molecular complexity index is 540. The van der Waals surface area contributed by atoms with Crippen molar-refractivity contribution in [2.45, 2.75) is 43.9 Å². The molecule has 2 fully saturated rings. The van der Waals surface area contributed by atoms with Crippen molar-refractivity contribution < 1.29 is 19.4 Å². The van der Waals surface area contributed by atoms with E-state index in [1.165, 1.54) is 11.1 Å². The summed E-state index contributed by atoms with van der Waals surface area (Å²) in [6.07, 6.45) is 7.44. The molecular weight excluding hydrogens is 272 g/mol. The second-order valence-corrected chi connectivity index (χ2v) is 5.59. The Hall–Kier alpha value is -1.95. The Morgan fingerprint density at radius 3 is 2.71 bits per heavy atom. The minimum Gasteiger partial charge on any atom is -0.480 e. The Balaban J connectivity index is 1.96. The molecule has 0 bridgehead atoms. The smallest absolute Gasteiger partial charge is 0.328 e. The molecule has 21 heavy (non-hydrogen) atoms. The van der Waals surface area contributed by atoms with Gasteiger partial charge in [-0.05, 0) is 37.8 Å². The predicted molar refractivity (Wildman–Crippen MR) is 73.6 cm³/mol. The molecule has 1 N–H and O–H groups in total. The van der Waals surface area contributed by atoms with E-state index in [1.54, 1.807) is 18.3 Å². The Labute approximate surface area is 122 Å². The van der Waals surface area contributed by atoms with Gasteiger partial charge in [0.15, 0.2) is 6.04 Å². The van der Waals surface area contributed by atoms with Crippen LogP contribution < -0.4 is 0 Å². The number of aromatic nitrogens is 1. The van der Waals surface area contributed by atoms with Crippen molar-refractivity contribution in [3.8, 4) is 0 Å². The first-order chi connectivity index (χ1) is 10.1. The van der Waals surface area contributed by atoms with Gasteiger partial charge in [0.2, 0.25) is 0 Å². The molecule has 1 atom stereocenters. The summed E-state index contributed by atoms with van der Waals surface area (Å²) in [4.78, 5) is 29.6. The summed E-state index contributed by atoms with van der Waals surface area (Å²) in [6.45, 7) is 0.0569. The lowest BCUT2D eigenvalue weighted by atomic mass is 9.89. The van der Waals surface area contributed by atoms with Crippen LogP contribution >= 0.6 is 0 Å². The highest BCUT2D eigenvalue weighted by Crippen LogP contribution is 2.41. The van der Waals surface area contributed by atoms with Crippen LogP contribution in [-0.2, 0) is 9.53 Å². The van der Waals surface area contributed by atoms with Gasteiger partial charge in [0.05, 0.1) is 12.2 Å². The van der Waals surface area contributed by atoms with Gasteiger partial charge in [-0.25, -0.2) is 4.79 Å². The van der Waals surface area contributed by atoms with Gasteiger partial charge in [0, 0.05) is 12.4 Å². The first-order valence-electron chi connectivity index (χ1n) is 7.24. The van der Waals surface area contributed by atoms with Gasteiger partial charge < -0.3 is 9.84 Å². The lowest BCUT2D eigenvalue weighted by Crippen LogP contribution is -2.54. The molecule has 2 aliphatic rings. The fourth-order valence-corrected chi connectivity index (χ4v) is 3.29. The molecule has 1 saturated carbocycles. The number of carboxylic acids is 1. The molecule has 112 valence electrons. The van der Waals surface area contributed by atoms with Crippen LogP contribution in [0.1, 0.15) is 42.5 Å². The molecule has 0 aromatic carbocycles.